The zero-order valence-corrected chi connectivity index (χ0v) is 12.9. The first-order valence-corrected chi connectivity index (χ1v) is 7.16. The second-order valence-corrected chi connectivity index (χ2v) is 5.03. The Balaban J connectivity index is 1.80. The quantitative estimate of drug-likeness (QED) is 0.740. The zero-order valence-electron chi connectivity index (χ0n) is 12.9. The minimum absolute atomic E-state index is 0.158. The van der Waals surface area contributed by atoms with Crippen molar-refractivity contribution in [2.45, 2.75) is 6.92 Å². The predicted octanol–water partition coefficient (Wildman–Crippen LogP) is 1.33. The molecule has 6 nitrogen and oxygen atoms in total. The van der Waals surface area contributed by atoms with Crippen LogP contribution < -0.4 is 16.2 Å². The van der Waals surface area contributed by atoms with E-state index in [4.69, 9.17) is 0 Å². The van der Waals surface area contributed by atoms with E-state index in [1.807, 2.05) is 13.0 Å². The van der Waals surface area contributed by atoms with Gasteiger partial charge in [0.15, 0.2) is 0 Å². The van der Waals surface area contributed by atoms with E-state index in [0.717, 1.165) is 11.6 Å². The van der Waals surface area contributed by atoms with Crippen LogP contribution in [0.1, 0.15) is 26.3 Å². The van der Waals surface area contributed by atoms with E-state index in [1.54, 1.807) is 18.2 Å². The lowest BCUT2D eigenvalue weighted by molar-refractivity contribution is -0.120. The van der Waals surface area contributed by atoms with Gasteiger partial charge in [-0.1, -0.05) is 29.8 Å². The highest BCUT2D eigenvalue weighted by molar-refractivity contribution is 5.98. The van der Waals surface area contributed by atoms with Gasteiger partial charge in [0.25, 0.3) is 17.7 Å². The first-order valence-electron chi connectivity index (χ1n) is 7.16. The molecule has 0 spiro atoms. The number of benzene rings is 2. The van der Waals surface area contributed by atoms with Gasteiger partial charge < -0.3 is 5.32 Å². The number of carbonyl (C=O) groups is 3. The maximum atomic E-state index is 13.4. The molecule has 0 heterocycles. The van der Waals surface area contributed by atoms with Crippen LogP contribution in [0.5, 0.6) is 0 Å². The Morgan fingerprint density at radius 1 is 0.958 bits per heavy atom. The van der Waals surface area contributed by atoms with Gasteiger partial charge in [-0.15, -0.1) is 0 Å². The Morgan fingerprint density at radius 3 is 2.42 bits per heavy atom. The highest BCUT2D eigenvalue weighted by atomic mass is 19.1. The van der Waals surface area contributed by atoms with Crippen LogP contribution in [-0.2, 0) is 4.79 Å². The molecule has 7 heteroatoms. The molecule has 0 aliphatic rings. The molecule has 124 valence electrons. The van der Waals surface area contributed by atoms with Crippen LogP contribution in [0, 0.1) is 12.7 Å². The summed E-state index contributed by atoms with van der Waals surface area (Å²) in [5, 5.41) is 2.27. The maximum absolute atomic E-state index is 13.4. The Hall–Kier alpha value is -3.22. The largest absolute Gasteiger partial charge is 0.343 e. The predicted molar refractivity (Wildman–Crippen MR) is 85.5 cm³/mol. The van der Waals surface area contributed by atoms with E-state index in [9.17, 15) is 18.8 Å². The second-order valence-electron chi connectivity index (χ2n) is 5.03. The van der Waals surface area contributed by atoms with E-state index >= 15 is 0 Å². The minimum atomic E-state index is -0.715. The van der Waals surface area contributed by atoms with E-state index < -0.39 is 30.1 Å². The number of rotatable bonds is 4. The summed E-state index contributed by atoms with van der Waals surface area (Å²) in [5.74, 6) is -2.51. The highest BCUT2D eigenvalue weighted by Crippen LogP contribution is 2.05. The van der Waals surface area contributed by atoms with Crippen molar-refractivity contribution in [1.82, 2.24) is 16.2 Å². The van der Waals surface area contributed by atoms with Gasteiger partial charge in [0.2, 0.25) is 0 Å². The van der Waals surface area contributed by atoms with Crippen LogP contribution in [0.15, 0.2) is 48.5 Å². The molecule has 0 atom stereocenters. The Morgan fingerprint density at radius 2 is 1.71 bits per heavy atom. The van der Waals surface area contributed by atoms with E-state index in [0.29, 0.717) is 5.56 Å². The van der Waals surface area contributed by atoms with Crippen molar-refractivity contribution in [3.63, 3.8) is 0 Å². The standard InChI is InChI=1S/C17H16FN3O3/c1-11-5-4-6-12(9-11)16(23)21-20-15(22)10-19-17(24)13-7-2-3-8-14(13)18/h2-9H,10H2,1H3,(H,19,24)(H,20,22)(H,21,23). The van der Waals surface area contributed by atoms with Crippen LogP contribution in [0.25, 0.3) is 0 Å². The number of halogens is 1. The lowest BCUT2D eigenvalue weighted by Gasteiger charge is -2.09. The van der Waals surface area contributed by atoms with Gasteiger partial charge in [-0.3, -0.25) is 25.2 Å². The van der Waals surface area contributed by atoms with Gasteiger partial charge in [0, 0.05) is 5.56 Å². The fraction of sp³-hybridized carbons (Fsp3) is 0.118. The number of hydrazine groups is 1. The Bertz CT molecular complexity index is 777. The van der Waals surface area contributed by atoms with Crippen LogP contribution >= 0.6 is 0 Å². The fourth-order valence-corrected chi connectivity index (χ4v) is 1.93. The van der Waals surface area contributed by atoms with Crippen molar-refractivity contribution in [2.24, 2.45) is 0 Å². The molecular weight excluding hydrogens is 313 g/mol. The Kier molecular flexibility index (Phi) is 5.62. The number of amides is 3. The number of carbonyl (C=O) groups excluding carboxylic acids is 3. The summed E-state index contributed by atoms with van der Waals surface area (Å²) in [6.45, 7) is 1.44. The normalized spacial score (nSPS) is 9.92. The average molecular weight is 329 g/mol. The lowest BCUT2D eigenvalue weighted by Crippen LogP contribution is -2.46. The first kappa shape index (κ1) is 17.1. The van der Waals surface area contributed by atoms with Gasteiger partial charge in [0.05, 0.1) is 12.1 Å². The molecule has 3 amide bonds. The monoisotopic (exact) mass is 329 g/mol. The molecule has 2 rings (SSSR count). The molecule has 3 N–H and O–H groups in total. The molecule has 2 aromatic rings. The van der Waals surface area contributed by atoms with Gasteiger partial charge >= 0.3 is 0 Å². The van der Waals surface area contributed by atoms with Crippen molar-refractivity contribution in [2.75, 3.05) is 6.54 Å². The number of nitrogens with one attached hydrogen (secondary N) is 3. The molecule has 0 saturated heterocycles. The third kappa shape index (κ3) is 4.64. The van der Waals surface area contributed by atoms with E-state index in [1.165, 1.54) is 18.2 Å². The number of hydrogen-bond donors (Lipinski definition) is 3. The molecule has 0 aromatic heterocycles. The first-order chi connectivity index (χ1) is 11.5. The number of hydrogen-bond acceptors (Lipinski definition) is 3. The van der Waals surface area contributed by atoms with Gasteiger partial charge in [-0.25, -0.2) is 4.39 Å². The van der Waals surface area contributed by atoms with Crippen LogP contribution in [-0.4, -0.2) is 24.3 Å². The van der Waals surface area contributed by atoms with Crippen molar-refractivity contribution in [1.29, 1.82) is 0 Å². The zero-order chi connectivity index (χ0) is 17.5. The van der Waals surface area contributed by atoms with Crippen molar-refractivity contribution in [3.05, 3.63) is 71.0 Å². The minimum Gasteiger partial charge on any atom is -0.343 e. The smallest absolute Gasteiger partial charge is 0.269 e. The summed E-state index contributed by atoms with van der Waals surface area (Å²) >= 11 is 0. The summed E-state index contributed by atoms with van der Waals surface area (Å²) in [7, 11) is 0. The summed E-state index contributed by atoms with van der Waals surface area (Å²) < 4.78 is 13.4. The molecule has 0 aliphatic carbocycles. The third-order valence-electron chi connectivity index (χ3n) is 3.12. The topological polar surface area (TPSA) is 87.3 Å². The molecule has 0 saturated carbocycles. The maximum Gasteiger partial charge on any atom is 0.269 e. The molecule has 0 unspecified atom stereocenters. The van der Waals surface area contributed by atoms with Crippen molar-refractivity contribution >= 4 is 17.7 Å². The van der Waals surface area contributed by atoms with Crippen LogP contribution in [0.3, 0.4) is 0 Å². The van der Waals surface area contributed by atoms with Gasteiger partial charge in [0.1, 0.15) is 5.82 Å². The van der Waals surface area contributed by atoms with E-state index in [2.05, 4.69) is 16.2 Å². The second kappa shape index (κ2) is 7.87. The van der Waals surface area contributed by atoms with Gasteiger partial charge in [-0.05, 0) is 31.2 Å². The molecule has 24 heavy (non-hydrogen) atoms. The molecule has 2 aromatic carbocycles. The Labute approximate surface area is 138 Å². The summed E-state index contributed by atoms with van der Waals surface area (Å²) in [6, 6.07) is 12.3. The summed E-state index contributed by atoms with van der Waals surface area (Å²) in [6.07, 6.45) is 0. The number of aryl methyl sites for hydroxylation is 1. The van der Waals surface area contributed by atoms with Crippen LogP contribution in [0.2, 0.25) is 0 Å². The van der Waals surface area contributed by atoms with Crippen LogP contribution in [0.4, 0.5) is 4.39 Å². The summed E-state index contributed by atoms with van der Waals surface area (Å²) in [4.78, 5) is 35.2. The van der Waals surface area contributed by atoms with Gasteiger partial charge in [-0.2, -0.15) is 0 Å². The average Bonchev–Trinajstić information content (AvgIpc) is 2.58. The lowest BCUT2D eigenvalue weighted by atomic mass is 10.1. The third-order valence-corrected chi connectivity index (χ3v) is 3.12. The SMILES string of the molecule is Cc1cccc(C(=O)NNC(=O)CNC(=O)c2ccccc2F)c1. The molecule has 0 radical (unpaired) electrons. The van der Waals surface area contributed by atoms with Crippen molar-refractivity contribution in [3.8, 4) is 0 Å². The highest BCUT2D eigenvalue weighted by Gasteiger charge is 2.12. The fourth-order valence-electron chi connectivity index (χ4n) is 1.93. The molecular formula is C17H16FN3O3. The van der Waals surface area contributed by atoms with E-state index in [-0.39, 0.29) is 5.56 Å². The van der Waals surface area contributed by atoms with Crippen molar-refractivity contribution < 1.29 is 18.8 Å². The molecule has 0 aliphatic heterocycles. The molecule has 0 bridgehead atoms. The molecule has 0 fully saturated rings. The summed E-state index contributed by atoms with van der Waals surface area (Å²) in [5.41, 5.74) is 5.56.